The Bertz CT molecular complexity index is 1000. The zero-order chi connectivity index (χ0) is 21.0. The fourth-order valence-corrected chi connectivity index (χ4v) is 4.09. The van der Waals surface area contributed by atoms with E-state index in [1.54, 1.807) is 0 Å². The summed E-state index contributed by atoms with van der Waals surface area (Å²) in [5.41, 5.74) is 1.95. The molecular formula is C23H25ClN6O. The number of aromatic nitrogens is 3. The maximum atomic E-state index is 6.10. The van der Waals surface area contributed by atoms with Crippen molar-refractivity contribution in [3.8, 4) is 11.3 Å². The highest BCUT2D eigenvalue weighted by atomic mass is 35.5. The Labute approximate surface area is 187 Å². The van der Waals surface area contributed by atoms with E-state index in [1.807, 2.05) is 42.6 Å². The molecule has 2 saturated heterocycles. The molecule has 1 aromatic carbocycles. The molecule has 0 spiro atoms. The molecule has 0 unspecified atom stereocenters. The average Bonchev–Trinajstić information content (AvgIpc) is 2.85. The van der Waals surface area contributed by atoms with E-state index < -0.39 is 0 Å². The van der Waals surface area contributed by atoms with Gasteiger partial charge in [0.25, 0.3) is 0 Å². The summed E-state index contributed by atoms with van der Waals surface area (Å²) in [6, 6.07) is 16.0. The molecule has 160 valence electrons. The van der Waals surface area contributed by atoms with Crippen LogP contribution in [0.15, 0.2) is 54.7 Å². The van der Waals surface area contributed by atoms with Gasteiger partial charge in [0.15, 0.2) is 0 Å². The van der Waals surface area contributed by atoms with E-state index in [9.17, 15) is 0 Å². The van der Waals surface area contributed by atoms with Crippen molar-refractivity contribution in [3.63, 3.8) is 0 Å². The Morgan fingerprint density at radius 2 is 1.45 bits per heavy atom. The van der Waals surface area contributed by atoms with Crippen molar-refractivity contribution >= 4 is 29.2 Å². The van der Waals surface area contributed by atoms with Crippen molar-refractivity contribution in [1.82, 2.24) is 15.0 Å². The Hall–Kier alpha value is -2.90. The van der Waals surface area contributed by atoms with Crippen LogP contribution in [0.5, 0.6) is 0 Å². The summed E-state index contributed by atoms with van der Waals surface area (Å²) in [7, 11) is 0. The van der Waals surface area contributed by atoms with Crippen LogP contribution in [0.3, 0.4) is 0 Å². The fourth-order valence-electron chi connectivity index (χ4n) is 3.96. The predicted octanol–water partition coefficient (Wildman–Crippen LogP) is 3.36. The molecule has 0 saturated carbocycles. The monoisotopic (exact) mass is 436 g/mol. The number of benzene rings is 1. The summed E-state index contributed by atoms with van der Waals surface area (Å²) in [5, 5.41) is 0.720. The maximum absolute atomic E-state index is 6.10. The minimum Gasteiger partial charge on any atom is -0.378 e. The third kappa shape index (κ3) is 4.57. The lowest BCUT2D eigenvalue weighted by Gasteiger charge is -2.36. The van der Waals surface area contributed by atoms with E-state index in [4.69, 9.17) is 26.3 Å². The van der Waals surface area contributed by atoms with Crippen LogP contribution in [-0.4, -0.2) is 67.4 Å². The van der Waals surface area contributed by atoms with Gasteiger partial charge in [-0.1, -0.05) is 29.8 Å². The third-order valence-corrected chi connectivity index (χ3v) is 5.96. The van der Waals surface area contributed by atoms with Gasteiger partial charge < -0.3 is 19.4 Å². The third-order valence-electron chi connectivity index (χ3n) is 5.71. The number of rotatable bonds is 4. The van der Waals surface area contributed by atoms with E-state index in [1.165, 1.54) is 0 Å². The molecule has 0 aliphatic carbocycles. The maximum Gasteiger partial charge on any atom is 0.228 e. The standard InChI is InChI=1S/C23H25ClN6O/c24-19-6-4-18(5-7-19)20-17-22(27-23(26-20)30-13-15-31-16-14-30)29-11-9-28(10-12-29)21-3-1-2-8-25-21/h1-8,17H,9-16H2. The number of hydrogen-bond donors (Lipinski definition) is 0. The van der Waals surface area contributed by atoms with Gasteiger partial charge in [-0.05, 0) is 24.3 Å². The van der Waals surface area contributed by atoms with Crippen molar-refractivity contribution in [2.45, 2.75) is 0 Å². The van der Waals surface area contributed by atoms with E-state index >= 15 is 0 Å². The van der Waals surface area contributed by atoms with Gasteiger partial charge in [0.1, 0.15) is 11.6 Å². The van der Waals surface area contributed by atoms with Crippen molar-refractivity contribution in [1.29, 1.82) is 0 Å². The quantitative estimate of drug-likeness (QED) is 0.621. The molecule has 3 aromatic rings. The first kappa shape index (κ1) is 20.0. The zero-order valence-corrected chi connectivity index (χ0v) is 18.1. The molecule has 2 aromatic heterocycles. The van der Waals surface area contributed by atoms with Crippen LogP contribution in [0, 0.1) is 0 Å². The first-order valence-electron chi connectivity index (χ1n) is 10.6. The van der Waals surface area contributed by atoms with Gasteiger partial charge in [0.05, 0.1) is 18.9 Å². The lowest BCUT2D eigenvalue weighted by Crippen LogP contribution is -2.47. The molecule has 0 amide bonds. The van der Waals surface area contributed by atoms with Crippen LogP contribution in [0.4, 0.5) is 17.6 Å². The number of anilines is 3. The number of halogens is 1. The lowest BCUT2D eigenvalue weighted by atomic mass is 10.1. The van der Waals surface area contributed by atoms with Gasteiger partial charge in [-0.2, -0.15) is 4.98 Å². The summed E-state index contributed by atoms with van der Waals surface area (Å²) in [5.74, 6) is 2.75. The molecule has 7 nitrogen and oxygen atoms in total. The summed E-state index contributed by atoms with van der Waals surface area (Å²) < 4.78 is 5.52. The van der Waals surface area contributed by atoms with Crippen LogP contribution in [0.1, 0.15) is 0 Å². The summed E-state index contributed by atoms with van der Waals surface area (Å²) in [6.45, 7) is 6.59. The van der Waals surface area contributed by atoms with Gasteiger partial charge in [0, 0.05) is 62.1 Å². The second-order valence-electron chi connectivity index (χ2n) is 7.68. The van der Waals surface area contributed by atoms with E-state index in [0.29, 0.717) is 13.2 Å². The molecule has 2 aliphatic rings. The first-order chi connectivity index (χ1) is 15.3. The highest BCUT2D eigenvalue weighted by Gasteiger charge is 2.22. The molecule has 0 atom stereocenters. The Kier molecular flexibility index (Phi) is 5.86. The molecule has 0 bridgehead atoms. The zero-order valence-electron chi connectivity index (χ0n) is 17.3. The smallest absolute Gasteiger partial charge is 0.228 e. The Morgan fingerprint density at radius 1 is 0.742 bits per heavy atom. The molecule has 31 heavy (non-hydrogen) atoms. The van der Waals surface area contributed by atoms with Gasteiger partial charge in [0.2, 0.25) is 5.95 Å². The van der Waals surface area contributed by atoms with Crippen LogP contribution < -0.4 is 14.7 Å². The predicted molar refractivity (Wildman–Crippen MR) is 124 cm³/mol. The van der Waals surface area contributed by atoms with Gasteiger partial charge in [-0.15, -0.1) is 0 Å². The number of ether oxygens (including phenoxy) is 1. The molecule has 2 aliphatic heterocycles. The number of nitrogens with zero attached hydrogens (tertiary/aromatic N) is 6. The molecule has 0 radical (unpaired) electrons. The minimum absolute atomic E-state index is 0.701. The molecule has 4 heterocycles. The van der Waals surface area contributed by atoms with Crippen LogP contribution in [0.2, 0.25) is 5.02 Å². The van der Waals surface area contributed by atoms with Crippen LogP contribution in [-0.2, 0) is 4.74 Å². The topological polar surface area (TPSA) is 57.6 Å². The highest BCUT2D eigenvalue weighted by Crippen LogP contribution is 2.27. The van der Waals surface area contributed by atoms with Crippen molar-refractivity contribution in [2.75, 3.05) is 67.2 Å². The highest BCUT2D eigenvalue weighted by molar-refractivity contribution is 6.30. The normalized spacial score (nSPS) is 17.1. The number of morpholine rings is 1. The SMILES string of the molecule is Clc1ccc(-c2cc(N3CCN(c4ccccn4)CC3)nc(N3CCOCC3)n2)cc1. The van der Waals surface area contributed by atoms with E-state index in [2.05, 4.69) is 31.8 Å². The van der Waals surface area contributed by atoms with Crippen LogP contribution in [0.25, 0.3) is 11.3 Å². The van der Waals surface area contributed by atoms with Gasteiger partial charge >= 0.3 is 0 Å². The first-order valence-corrected chi connectivity index (χ1v) is 11.0. The van der Waals surface area contributed by atoms with Gasteiger partial charge in [-0.25, -0.2) is 9.97 Å². The second kappa shape index (κ2) is 9.08. The molecule has 8 heteroatoms. The number of hydrogen-bond acceptors (Lipinski definition) is 7. The Balaban J connectivity index is 1.42. The van der Waals surface area contributed by atoms with E-state index in [0.717, 1.165) is 73.1 Å². The summed E-state index contributed by atoms with van der Waals surface area (Å²) >= 11 is 6.10. The number of pyridine rings is 1. The fraction of sp³-hybridized carbons (Fsp3) is 0.348. The number of piperazine rings is 1. The molecule has 0 N–H and O–H groups in total. The lowest BCUT2D eigenvalue weighted by molar-refractivity contribution is 0.122. The van der Waals surface area contributed by atoms with Crippen molar-refractivity contribution in [2.24, 2.45) is 0 Å². The summed E-state index contributed by atoms with van der Waals surface area (Å²) in [6.07, 6.45) is 1.85. The van der Waals surface area contributed by atoms with Crippen molar-refractivity contribution < 1.29 is 4.74 Å². The average molecular weight is 437 g/mol. The van der Waals surface area contributed by atoms with Crippen molar-refractivity contribution in [3.05, 3.63) is 59.8 Å². The Morgan fingerprint density at radius 3 is 2.13 bits per heavy atom. The summed E-state index contributed by atoms with van der Waals surface area (Å²) in [4.78, 5) is 21.2. The molecular weight excluding hydrogens is 412 g/mol. The minimum atomic E-state index is 0.701. The van der Waals surface area contributed by atoms with E-state index in [-0.39, 0.29) is 0 Å². The molecule has 2 fully saturated rings. The molecule has 5 rings (SSSR count). The second-order valence-corrected chi connectivity index (χ2v) is 8.12. The van der Waals surface area contributed by atoms with Crippen LogP contribution >= 0.6 is 11.6 Å². The van der Waals surface area contributed by atoms with Gasteiger partial charge in [-0.3, -0.25) is 0 Å². The largest absolute Gasteiger partial charge is 0.378 e.